The molecule has 0 fully saturated rings. The first-order chi connectivity index (χ1) is 8.61. The Morgan fingerprint density at radius 2 is 2.17 bits per heavy atom. The minimum atomic E-state index is -0.261. The van der Waals surface area contributed by atoms with E-state index in [4.69, 9.17) is 5.26 Å². The molecule has 90 valence electrons. The monoisotopic (exact) mass is 240 g/mol. The maximum Gasteiger partial charge on any atom is 0.259 e. The van der Waals surface area contributed by atoms with Crippen LogP contribution in [0, 0.1) is 18.3 Å². The van der Waals surface area contributed by atoms with Crippen molar-refractivity contribution in [2.24, 2.45) is 7.05 Å². The summed E-state index contributed by atoms with van der Waals surface area (Å²) in [7, 11) is 1.76. The fraction of sp³-hybridized carbons (Fsp3) is 0.154. The first-order valence-corrected chi connectivity index (χ1v) is 5.42. The largest absolute Gasteiger partial charge is 0.321 e. The summed E-state index contributed by atoms with van der Waals surface area (Å²) in [5.41, 5.74) is 2.11. The highest BCUT2D eigenvalue weighted by atomic mass is 16.1. The Labute approximate surface area is 105 Å². The number of hydrogen-bond acceptors (Lipinski definition) is 3. The van der Waals surface area contributed by atoms with Gasteiger partial charge in [-0.1, -0.05) is 12.1 Å². The summed E-state index contributed by atoms with van der Waals surface area (Å²) in [5, 5.41) is 15.8. The summed E-state index contributed by atoms with van der Waals surface area (Å²) < 4.78 is 1.58. The van der Waals surface area contributed by atoms with Crippen LogP contribution in [0.3, 0.4) is 0 Å². The predicted molar refractivity (Wildman–Crippen MR) is 67.1 cm³/mol. The average molecular weight is 240 g/mol. The molecule has 0 spiro atoms. The Hall–Kier alpha value is -2.61. The number of hydrogen-bond donors (Lipinski definition) is 1. The minimum absolute atomic E-state index is 0.261. The number of carbonyl (C=O) groups is 1. The van der Waals surface area contributed by atoms with Crippen molar-refractivity contribution in [1.82, 2.24) is 9.78 Å². The Morgan fingerprint density at radius 1 is 1.44 bits per heavy atom. The molecule has 0 aliphatic rings. The van der Waals surface area contributed by atoms with Crippen molar-refractivity contribution in [1.29, 1.82) is 5.26 Å². The summed E-state index contributed by atoms with van der Waals surface area (Å²) in [4.78, 5) is 12.0. The third kappa shape index (κ3) is 2.23. The maximum absolute atomic E-state index is 12.0. The predicted octanol–water partition coefficient (Wildman–Crippen LogP) is 1.85. The van der Waals surface area contributed by atoms with E-state index in [-0.39, 0.29) is 5.91 Å². The second-order valence-electron chi connectivity index (χ2n) is 3.91. The standard InChI is InChI=1S/C13H12N4O/c1-9-11(8-17(2)16-9)13(18)15-12-6-4-3-5-10(12)7-14/h3-6,8H,1-2H3,(H,15,18). The van der Waals surface area contributed by atoms with Gasteiger partial charge in [0, 0.05) is 13.2 Å². The van der Waals surface area contributed by atoms with Gasteiger partial charge in [-0.3, -0.25) is 9.48 Å². The van der Waals surface area contributed by atoms with Gasteiger partial charge < -0.3 is 5.32 Å². The number of nitriles is 1. The van der Waals surface area contributed by atoms with Crippen LogP contribution in [-0.2, 0) is 7.05 Å². The molecule has 1 aromatic heterocycles. The van der Waals surface area contributed by atoms with Gasteiger partial charge in [-0.25, -0.2) is 0 Å². The zero-order valence-electron chi connectivity index (χ0n) is 10.1. The number of aromatic nitrogens is 2. The van der Waals surface area contributed by atoms with Gasteiger partial charge in [-0.15, -0.1) is 0 Å². The normalized spacial score (nSPS) is 9.83. The van der Waals surface area contributed by atoms with Gasteiger partial charge in [0.2, 0.25) is 0 Å². The Balaban J connectivity index is 2.27. The lowest BCUT2D eigenvalue weighted by molar-refractivity contribution is 0.102. The fourth-order valence-electron chi connectivity index (χ4n) is 1.70. The van der Waals surface area contributed by atoms with Crippen LogP contribution in [0.5, 0.6) is 0 Å². The Morgan fingerprint density at radius 3 is 2.78 bits per heavy atom. The molecule has 0 unspecified atom stereocenters. The van der Waals surface area contributed by atoms with Crippen LogP contribution < -0.4 is 5.32 Å². The highest BCUT2D eigenvalue weighted by Gasteiger charge is 2.13. The summed E-state index contributed by atoms with van der Waals surface area (Å²) >= 11 is 0. The van der Waals surface area contributed by atoms with Crippen molar-refractivity contribution in [3.8, 4) is 6.07 Å². The molecule has 0 saturated heterocycles. The van der Waals surface area contributed by atoms with Gasteiger partial charge in [0.15, 0.2) is 0 Å². The fourth-order valence-corrected chi connectivity index (χ4v) is 1.70. The Kier molecular flexibility index (Phi) is 3.11. The van der Waals surface area contributed by atoms with Gasteiger partial charge >= 0.3 is 0 Å². The van der Waals surface area contributed by atoms with E-state index in [9.17, 15) is 4.79 Å². The first-order valence-electron chi connectivity index (χ1n) is 5.42. The number of nitrogens with one attached hydrogen (secondary N) is 1. The maximum atomic E-state index is 12.0. The van der Waals surface area contributed by atoms with Crippen LogP contribution in [0.1, 0.15) is 21.6 Å². The second-order valence-corrected chi connectivity index (χ2v) is 3.91. The molecule has 2 aromatic rings. The van der Waals surface area contributed by atoms with E-state index in [1.807, 2.05) is 6.07 Å². The Bertz CT molecular complexity index is 637. The number of benzene rings is 1. The smallest absolute Gasteiger partial charge is 0.259 e. The van der Waals surface area contributed by atoms with Crippen LogP contribution in [0.25, 0.3) is 0 Å². The summed E-state index contributed by atoms with van der Waals surface area (Å²) in [6.45, 7) is 1.77. The highest BCUT2D eigenvalue weighted by molar-refractivity contribution is 6.05. The lowest BCUT2D eigenvalue weighted by Crippen LogP contribution is -2.13. The number of aryl methyl sites for hydroxylation is 2. The number of amides is 1. The van der Waals surface area contributed by atoms with Crippen molar-refractivity contribution in [2.45, 2.75) is 6.92 Å². The van der Waals surface area contributed by atoms with Crippen LogP contribution >= 0.6 is 0 Å². The molecule has 0 bridgehead atoms. The van der Waals surface area contributed by atoms with Crippen molar-refractivity contribution in [3.63, 3.8) is 0 Å². The molecule has 0 aliphatic carbocycles. The van der Waals surface area contributed by atoms with Gasteiger partial charge in [-0.05, 0) is 19.1 Å². The molecule has 0 radical (unpaired) electrons. The third-order valence-corrected chi connectivity index (χ3v) is 2.55. The molecule has 0 atom stereocenters. The molecule has 5 heteroatoms. The van der Waals surface area contributed by atoms with E-state index < -0.39 is 0 Å². The van der Waals surface area contributed by atoms with Crippen LogP contribution in [0.15, 0.2) is 30.5 Å². The third-order valence-electron chi connectivity index (χ3n) is 2.55. The molecule has 0 aliphatic heterocycles. The van der Waals surface area contributed by atoms with Crippen LogP contribution in [-0.4, -0.2) is 15.7 Å². The molecular weight excluding hydrogens is 228 g/mol. The number of anilines is 1. The van der Waals surface area contributed by atoms with Gasteiger partial charge in [0.05, 0.1) is 22.5 Å². The zero-order chi connectivity index (χ0) is 13.1. The van der Waals surface area contributed by atoms with Crippen molar-refractivity contribution in [3.05, 3.63) is 47.3 Å². The minimum Gasteiger partial charge on any atom is -0.321 e. The molecule has 1 heterocycles. The molecular formula is C13H12N4O. The average Bonchev–Trinajstić information content (AvgIpc) is 2.69. The molecule has 0 saturated carbocycles. The van der Waals surface area contributed by atoms with E-state index in [1.54, 1.807) is 49.1 Å². The first kappa shape index (κ1) is 11.9. The van der Waals surface area contributed by atoms with Gasteiger partial charge in [-0.2, -0.15) is 10.4 Å². The van der Waals surface area contributed by atoms with Gasteiger partial charge in [0.1, 0.15) is 6.07 Å². The molecule has 5 nitrogen and oxygen atoms in total. The zero-order valence-corrected chi connectivity index (χ0v) is 10.1. The lowest BCUT2D eigenvalue weighted by atomic mass is 10.2. The van der Waals surface area contributed by atoms with E-state index in [1.165, 1.54) is 0 Å². The van der Waals surface area contributed by atoms with E-state index >= 15 is 0 Å². The summed E-state index contributed by atoms with van der Waals surface area (Å²) in [5.74, 6) is -0.261. The molecule has 1 amide bonds. The van der Waals surface area contributed by atoms with Crippen molar-refractivity contribution in [2.75, 3.05) is 5.32 Å². The number of nitrogens with zero attached hydrogens (tertiary/aromatic N) is 3. The topological polar surface area (TPSA) is 70.7 Å². The quantitative estimate of drug-likeness (QED) is 0.870. The van der Waals surface area contributed by atoms with E-state index in [2.05, 4.69) is 10.4 Å². The molecule has 1 N–H and O–H groups in total. The number of rotatable bonds is 2. The summed E-state index contributed by atoms with van der Waals surface area (Å²) in [6.07, 6.45) is 1.65. The molecule has 2 rings (SSSR count). The SMILES string of the molecule is Cc1nn(C)cc1C(=O)Nc1ccccc1C#N. The lowest BCUT2D eigenvalue weighted by Gasteiger charge is -2.05. The van der Waals surface area contributed by atoms with Crippen molar-refractivity contribution < 1.29 is 4.79 Å². The highest BCUT2D eigenvalue weighted by Crippen LogP contribution is 2.15. The summed E-state index contributed by atoms with van der Waals surface area (Å²) in [6, 6.07) is 8.92. The van der Waals surface area contributed by atoms with E-state index in [0.29, 0.717) is 22.5 Å². The van der Waals surface area contributed by atoms with Crippen LogP contribution in [0.4, 0.5) is 5.69 Å². The second kappa shape index (κ2) is 4.72. The molecule has 1 aromatic carbocycles. The molecule has 18 heavy (non-hydrogen) atoms. The van der Waals surface area contributed by atoms with Crippen LogP contribution in [0.2, 0.25) is 0 Å². The van der Waals surface area contributed by atoms with E-state index in [0.717, 1.165) is 0 Å². The number of para-hydroxylation sites is 1. The van der Waals surface area contributed by atoms with Crippen molar-refractivity contribution >= 4 is 11.6 Å². The number of carbonyl (C=O) groups excluding carboxylic acids is 1. The van der Waals surface area contributed by atoms with Gasteiger partial charge in [0.25, 0.3) is 5.91 Å².